The second-order valence-electron chi connectivity index (χ2n) is 3.35. The van der Waals surface area contributed by atoms with Gasteiger partial charge < -0.3 is 0 Å². The van der Waals surface area contributed by atoms with E-state index in [-0.39, 0.29) is 5.78 Å². The highest BCUT2D eigenvalue weighted by molar-refractivity contribution is 7.99. The van der Waals surface area contributed by atoms with E-state index < -0.39 is 10.9 Å². The first kappa shape index (κ1) is 10.5. The molecule has 1 atom stereocenters. The Morgan fingerprint density at radius 2 is 2.31 bits per heavy atom. The van der Waals surface area contributed by atoms with Crippen molar-refractivity contribution < 1.29 is 14.0 Å². The second kappa shape index (κ2) is 3.65. The maximum absolute atomic E-state index is 12.2. The maximum atomic E-state index is 12.2. The van der Waals surface area contributed by atoms with Crippen LogP contribution < -0.4 is 0 Å². The minimum absolute atomic E-state index is 0.102. The number of carbonyl (C=O) groups excluding carboxylic acids is 2. The lowest BCUT2D eigenvalue weighted by Crippen LogP contribution is -2.31. The number of Topliss-reactive ketones (excluding diaryl/α,β-unsaturated/α-hetero) is 1. The fraction of sp³-hybridized carbons (Fsp3) is 0.750. The van der Waals surface area contributed by atoms with E-state index in [1.807, 2.05) is 0 Å². The van der Waals surface area contributed by atoms with Gasteiger partial charge in [0.25, 0.3) is 0 Å². The molecule has 13 heavy (non-hydrogen) atoms. The standard InChI is InChI=1S/C8H12FNO2S/c1-8(5-3-4-6(8)11)13-10(2)7(9)12/h3-5H2,1-2H3. The molecule has 1 aliphatic carbocycles. The first-order chi connectivity index (χ1) is 5.96. The van der Waals surface area contributed by atoms with Crippen molar-refractivity contribution in [3.8, 4) is 0 Å². The summed E-state index contributed by atoms with van der Waals surface area (Å²) >= 11 is 0.985. The van der Waals surface area contributed by atoms with Gasteiger partial charge in [-0.2, -0.15) is 0 Å². The average Bonchev–Trinajstić information content (AvgIpc) is 2.32. The molecule has 0 radical (unpaired) electrons. The summed E-state index contributed by atoms with van der Waals surface area (Å²) in [4.78, 5) is 21.7. The average molecular weight is 205 g/mol. The van der Waals surface area contributed by atoms with Crippen molar-refractivity contribution in [2.24, 2.45) is 0 Å². The zero-order valence-corrected chi connectivity index (χ0v) is 8.49. The summed E-state index contributed by atoms with van der Waals surface area (Å²) in [7, 11) is 1.34. The lowest BCUT2D eigenvalue weighted by atomic mass is 10.1. The molecule has 0 aromatic rings. The van der Waals surface area contributed by atoms with Crippen LogP contribution in [-0.4, -0.2) is 28.0 Å². The zero-order chi connectivity index (χ0) is 10.1. The quantitative estimate of drug-likeness (QED) is 0.394. The van der Waals surface area contributed by atoms with Crippen molar-refractivity contribution in [2.75, 3.05) is 7.05 Å². The van der Waals surface area contributed by atoms with Gasteiger partial charge in [-0.1, -0.05) is 0 Å². The minimum Gasteiger partial charge on any atom is -0.298 e. The molecule has 0 aliphatic heterocycles. The Labute approximate surface area is 80.8 Å². The highest BCUT2D eigenvalue weighted by atomic mass is 32.2. The van der Waals surface area contributed by atoms with Crippen molar-refractivity contribution in [3.05, 3.63) is 0 Å². The van der Waals surface area contributed by atoms with Gasteiger partial charge in [-0.05, 0) is 31.7 Å². The third kappa shape index (κ3) is 2.21. The first-order valence-corrected chi connectivity index (χ1v) is 4.89. The molecule has 0 spiro atoms. The van der Waals surface area contributed by atoms with Gasteiger partial charge in [0.15, 0.2) is 0 Å². The van der Waals surface area contributed by atoms with Gasteiger partial charge in [-0.3, -0.25) is 9.10 Å². The van der Waals surface area contributed by atoms with Crippen molar-refractivity contribution in [2.45, 2.75) is 30.9 Å². The third-order valence-corrected chi connectivity index (χ3v) is 3.49. The van der Waals surface area contributed by atoms with Gasteiger partial charge >= 0.3 is 6.16 Å². The molecule has 1 saturated carbocycles. The minimum atomic E-state index is -1.51. The monoisotopic (exact) mass is 205 g/mol. The number of carbonyl (C=O) groups is 2. The fourth-order valence-corrected chi connectivity index (χ4v) is 2.54. The highest BCUT2D eigenvalue weighted by Gasteiger charge is 2.40. The van der Waals surface area contributed by atoms with Crippen LogP contribution in [0.25, 0.3) is 0 Å². The molecule has 1 aliphatic rings. The van der Waals surface area contributed by atoms with Gasteiger partial charge in [0.05, 0.1) is 4.75 Å². The van der Waals surface area contributed by atoms with Gasteiger partial charge in [0.1, 0.15) is 5.78 Å². The van der Waals surface area contributed by atoms with E-state index in [0.717, 1.165) is 22.7 Å². The summed E-state index contributed by atoms with van der Waals surface area (Å²) in [6, 6.07) is 0. The predicted octanol–water partition coefficient (Wildman–Crippen LogP) is 2.17. The van der Waals surface area contributed by atoms with Crippen LogP contribution in [0.2, 0.25) is 0 Å². The lowest BCUT2D eigenvalue weighted by Gasteiger charge is -2.24. The Balaban J connectivity index is 2.61. The molecular weight excluding hydrogens is 193 g/mol. The molecule has 3 nitrogen and oxygen atoms in total. The van der Waals surface area contributed by atoms with Crippen LogP contribution in [-0.2, 0) is 4.79 Å². The molecule has 0 bridgehead atoms. The molecule has 1 fully saturated rings. The van der Waals surface area contributed by atoms with Crippen LogP contribution in [0.5, 0.6) is 0 Å². The Morgan fingerprint density at radius 3 is 2.69 bits per heavy atom. The number of rotatable bonds is 2. The molecule has 1 unspecified atom stereocenters. The lowest BCUT2D eigenvalue weighted by molar-refractivity contribution is -0.119. The van der Waals surface area contributed by atoms with Crippen molar-refractivity contribution in [1.82, 2.24) is 4.31 Å². The number of hydrogen-bond acceptors (Lipinski definition) is 3. The van der Waals surface area contributed by atoms with E-state index in [4.69, 9.17) is 0 Å². The molecule has 74 valence electrons. The second-order valence-corrected chi connectivity index (χ2v) is 4.98. The fourth-order valence-electron chi connectivity index (χ4n) is 1.42. The van der Waals surface area contributed by atoms with E-state index >= 15 is 0 Å². The largest absolute Gasteiger partial charge is 0.409 e. The summed E-state index contributed by atoms with van der Waals surface area (Å²) in [5.74, 6) is 0.102. The molecule has 1 rings (SSSR count). The Hall–Kier alpha value is -0.580. The highest BCUT2D eigenvalue weighted by Crippen LogP contribution is 2.39. The summed E-state index contributed by atoms with van der Waals surface area (Å²) in [5, 5.41) is 0. The SMILES string of the molecule is CN(SC1(C)CCCC1=O)C(=O)F. The summed E-state index contributed by atoms with van der Waals surface area (Å²) in [5.41, 5.74) is 0. The van der Waals surface area contributed by atoms with Crippen molar-refractivity contribution in [3.63, 3.8) is 0 Å². The number of nitrogens with zero attached hydrogens (tertiary/aromatic N) is 1. The smallest absolute Gasteiger partial charge is 0.298 e. The molecule has 0 heterocycles. The van der Waals surface area contributed by atoms with E-state index in [2.05, 4.69) is 0 Å². The first-order valence-electron chi connectivity index (χ1n) is 4.11. The van der Waals surface area contributed by atoms with Crippen LogP contribution in [0.4, 0.5) is 9.18 Å². The van der Waals surface area contributed by atoms with Gasteiger partial charge in [0.2, 0.25) is 0 Å². The zero-order valence-electron chi connectivity index (χ0n) is 7.67. The van der Waals surface area contributed by atoms with E-state index in [0.29, 0.717) is 12.8 Å². The molecule has 5 heteroatoms. The van der Waals surface area contributed by atoms with Crippen LogP contribution in [0.1, 0.15) is 26.2 Å². The topological polar surface area (TPSA) is 37.4 Å². The Bertz CT molecular complexity index is 246. The van der Waals surface area contributed by atoms with Crippen LogP contribution in [0.3, 0.4) is 0 Å². The third-order valence-electron chi connectivity index (χ3n) is 2.23. The number of amides is 1. The van der Waals surface area contributed by atoms with Gasteiger partial charge in [-0.25, -0.2) is 4.79 Å². The Kier molecular flexibility index (Phi) is 2.95. The summed E-state index contributed by atoms with van der Waals surface area (Å²) in [6.07, 6.45) is 0.577. The molecule has 0 aromatic carbocycles. The molecular formula is C8H12FNO2S. The van der Waals surface area contributed by atoms with Crippen LogP contribution >= 0.6 is 11.9 Å². The summed E-state index contributed by atoms with van der Waals surface area (Å²) in [6.45, 7) is 1.76. The van der Waals surface area contributed by atoms with Gasteiger partial charge in [-0.15, -0.1) is 4.39 Å². The Morgan fingerprint density at radius 1 is 1.69 bits per heavy atom. The van der Waals surface area contributed by atoms with Crippen molar-refractivity contribution >= 4 is 23.9 Å². The van der Waals surface area contributed by atoms with E-state index in [1.54, 1.807) is 6.92 Å². The van der Waals surface area contributed by atoms with Crippen molar-refractivity contribution in [1.29, 1.82) is 0 Å². The number of halogens is 1. The molecule has 0 N–H and O–H groups in total. The number of hydrogen-bond donors (Lipinski definition) is 0. The predicted molar refractivity (Wildman–Crippen MR) is 49.1 cm³/mol. The maximum Gasteiger partial charge on any atom is 0.409 e. The number of ketones is 1. The normalized spacial score (nSPS) is 27.8. The molecule has 0 aromatic heterocycles. The molecule has 0 saturated heterocycles. The summed E-state index contributed by atoms with van der Waals surface area (Å²) < 4.78 is 12.5. The van der Waals surface area contributed by atoms with Gasteiger partial charge in [0, 0.05) is 13.5 Å². The van der Waals surface area contributed by atoms with Crippen LogP contribution in [0, 0.1) is 0 Å². The van der Waals surface area contributed by atoms with Crippen LogP contribution in [0.15, 0.2) is 0 Å². The van der Waals surface area contributed by atoms with E-state index in [9.17, 15) is 14.0 Å². The van der Waals surface area contributed by atoms with E-state index in [1.165, 1.54) is 7.05 Å². The molecule has 1 amide bonds.